The molecule has 0 N–H and O–H groups in total. The van der Waals surface area contributed by atoms with E-state index in [9.17, 15) is 9.59 Å². The number of rotatable bonds is 6. The van der Waals surface area contributed by atoms with Crippen molar-refractivity contribution in [2.75, 3.05) is 6.61 Å². The van der Waals surface area contributed by atoms with Crippen LogP contribution in [0.4, 0.5) is 0 Å². The molecule has 0 rings (SSSR count). The maximum Gasteiger partial charge on any atom is 0.302 e. The van der Waals surface area contributed by atoms with E-state index in [0.717, 1.165) is 12.8 Å². The first-order chi connectivity index (χ1) is 6.10. The topological polar surface area (TPSA) is 43.4 Å². The minimum atomic E-state index is -0.583. The molecule has 0 saturated heterocycles. The Labute approximate surface area is 79.5 Å². The lowest BCUT2D eigenvalue weighted by molar-refractivity contribution is -0.143. The molecule has 0 aliphatic carbocycles. The molecule has 3 nitrogen and oxygen atoms in total. The van der Waals surface area contributed by atoms with Gasteiger partial charge in [-0.1, -0.05) is 20.3 Å². The first kappa shape index (κ1) is 12.1. The van der Waals surface area contributed by atoms with Gasteiger partial charge in [0.25, 0.3) is 0 Å². The van der Waals surface area contributed by atoms with Gasteiger partial charge in [-0.05, 0) is 12.8 Å². The number of carbonyl (C=O) groups is 1. The number of carbonyl (C=O) groups excluding carboxylic acids is 2. The minimum Gasteiger partial charge on any atom is -0.465 e. The monoisotopic (exact) mass is 185 g/mol. The molecule has 13 heavy (non-hydrogen) atoms. The lowest BCUT2D eigenvalue weighted by atomic mass is 9.83. The molecule has 75 valence electrons. The predicted octanol–water partition coefficient (Wildman–Crippen LogP) is 1.86. The van der Waals surface area contributed by atoms with Crippen molar-refractivity contribution in [3.8, 4) is 0 Å². The van der Waals surface area contributed by atoms with Crippen molar-refractivity contribution in [3.05, 3.63) is 0 Å². The number of esters is 1. The largest absolute Gasteiger partial charge is 0.465 e. The van der Waals surface area contributed by atoms with Gasteiger partial charge in [-0.2, -0.15) is 0 Å². The van der Waals surface area contributed by atoms with E-state index in [1.54, 1.807) is 0 Å². The molecule has 0 aromatic heterocycles. The maximum absolute atomic E-state index is 10.7. The average molecular weight is 185 g/mol. The van der Waals surface area contributed by atoms with Crippen LogP contribution in [0.3, 0.4) is 0 Å². The van der Waals surface area contributed by atoms with Crippen LogP contribution in [-0.2, 0) is 14.3 Å². The highest BCUT2D eigenvalue weighted by molar-refractivity contribution is 5.67. The van der Waals surface area contributed by atoms with Crippen molar-refractivity contribution in [2.24, 2.45) is 5.41 Å². The van der Waals surface area contributed by atoms with Crippen LogP contribution >= 0.6 is 0 Å². The highest BCUT2D eigenvalue weighted by Gasteiger charge is 2.29. The van der Waals surface area contributed by atoms with E-state index in [-0.39, 0.29) is 12.6 Å². The van der Waals surface area contributed by atoms with Crippen LogP contribution in [0.2, 0.25) is 0 Å². The maximum atomic E-state index is 10.7. The quantitative estimate of drug-likeness (QED) is 0.593. The van der Waals surface area contributed by atoms with Crippen LogP contribution in [0.5, 0.6) is 0 Å². The van der Waals surface area contributed by atoms with Crippen LogP contribution in [-0.4, -0.2) is 18.9 Å². The summed E-state index contributed by atoms with van der Waals surface area (Å²) < 4.78 is 4.84. The van der Waals surface area contributed by atoms with Crippen molar-refractivity contribution in [1.29, 1.82) is 0 Å². The Hall–Kier alpha value is -0.860. The average Bonchev–Trinajstić information content (AvgIpc) is 2.12. The zero-order chi connectivity index (χ0) is 10.3. The Balaban J connectivity index is 4.20. The summed E-state index contributed by atoms with van der Waals surface area (Å²) in [5.74, 6) is -0.343. The normalized spacial score (nSPS) is 14.7. The van der Waals surface area contributed by atoms with E-state index in [1.165, 1.54) is 6.92 Å². The molecule has 0 aliphatic heterocycles. The van der Waals surface area contributed by atoms with Gasteiger partial charge in [0.15, 0.2) is 0 Å². The third-order valence-corrected chi connectivity index (χ3v) is 2.17. The van der Waals surface area contributed by atoms with Crippen LogP contribution in [0.1, 0.15) is 40.0 Å². The van der Waals surface area contributed by atoms with Gasteiger partial charge in [-0.25, -0.2) is 0 Å². The molecule has 0 saturated carbocycles. The smallest absolute Gasteiger partial charge is 0.302 e. The molecular formula is C10H17O3. The Morgan fingerprint density at radius 3 is 2.38 bits per heavy atom. The van der Waals surface area contributed by atoms with Gasteiger partial charge in [0.2, 0.25) is 6.29 Å². The summed E-state index contributed by atoms with van der Waals surface area (Å²) in [5.41, 5.74) is -0.583. The molecule has 0 bridgehead atoms. The Kier molecular flexibility index (Phi) is 5.35. The Bertz CT molecular complexity index is 177. The summed E-state index contributed by atoms with van der Waals surface area (Å²) in [6.45, 7) is 5.41. The number of hydrogen-bond donors (Lipinski definition) is 0. The van der Waals surface area contributed by atoms with E-state index >= 15 is 0 Å². The molecule has 1 radical (unpaired) electrons. The SMILES string of the molecule is CCCC([C]=O)(CC)COC(C)=O. The zero-order valence-electron chi connectivity index (χ0n) is 8.55. The minimum absolute atomic E-state index is 0.163. The van der Waals surface area contributed by atoms with E-state index in [2.05, 4.69) is 0 Å². The molecule has 0 spiro atoms. The van der Waals surface area contributed by atoms with Gasteiger partial charge >= 0.3 is 5.97 Å². The Morgan fingerprint density at radius 1 is 1.46 bits per heavy atom. The molecule has 0 aliphatic rings. The second-order valence-electron chi connectivity index (χ2n) is 3.27. The van der Waals surface area contributed by atoms with Gasteiger partial charge in [0.1, 0.15) is 6.61 Å². The van der Waals surface area contributed by atoms with Gasteiger partial charge < -0.3 is 4.74 Å². The van der Waals surface area contributed by atoms with Crippen LogP contribution in [0, 0.1) is 5.41 Å². The van der Waals surface area contributed by atoms with E-state index in [0.29, 0.717) is 6.42 Å². The lowest BCUT2D eigenvalue weighted by Gasteiger charge is -2.23. The zero-order valence-corrected chi connectivity index (χ0v) is 8.55. The number of hydrogen-bond acceptors (Lipinski definition) is 3. The van der Waals surface area contributed by atoms with Gasteiger partial charge in [-0.15, -0.1) is 0 Å². The van der Waals surface area contributed by atoms with Gasteiger partial charge in [-0.3, -0.25) is 9.59 Å². The van der Waals surface area contributed by atoms with Crippen LogP contribution < -0.4 is 0 Å². The third-order valence-electron chi connectivity index (χ3n) is 2.17. The lowest BCUT2D eigenvalue weighted by Crippen LogP contribution is -2.28. The molecule has 0 aromatic rings. The Morgan fingerprint density at radius 2 is 2.08 bits per heavy atom. The number of ether oxygens (including phenoxy) is 1. The summed E-state index contributed by atoms with van der Waals surface area (Å²) in [6.07, 6.45) is 4.27. The first-order valence-corrected chi connectivity index (χ1v) is 4.63. The first-order valence-electron chi connectivity index (χ1n) is 4.63. The fraction of sp³-hybridized carbons (Fsp3) is 0.800. The van der Waals surface area contributed by atoms with Crippen LogP contribution in [0.25, 0.3) is 0 Å². The van der Waals surface area contributed by atoms with Crippen molar-refractivity contribution < 1.29 is 14.3 Å². The van der Waals surface area contributed by atoms with Crippen molar-refractivity contribution in [2.45, 2.75) is 40.0 Å². The second kappa shape index (κ2) is 5.73. The van der Waals surface area contributed by atoms with Gasteiger partial charge in [0, 0.05) is 6.92 Å². The fourth-order valence-electron chi connectivity index (χ4n) is 1.22. The summed E-state index contributed by atoms with van der Waals surface area (Å²) in [4.78, 5) is 21.3. The van der Waals surface area contributed by atoms with Crippen molar-refractivity contribution in [1.82, 2.24) is 0 Å². The summed E-state index contributed by atoms with van der Waals surface area (Å²) >= 11 is 0. The second-order valence-corrected chi connectivity index (χ2v) is 3.27. The molecule has 0 aromatic carbocycles. The molecule has 3 heteroatoms. The molecule has 0 fully saturated rings. The molecular weight excluding hydrogens is 168 g/mol. The highest BCUT2D eigenvalue weighted by atomic mass is 16.5. The van der Waals surface area contributed by atoms with Crippen molar-refractivity contribution >= 4 is 12.3 Å². The van der Waals surface area contributed by atoms with E-state index < -0.39 is 5.41 Å². The third kappa shape index (κ3) is 4.06. The summed E-state index contributed by atoms with van der Waals surface area (Å²) in [7, 11) is 0. The standard InChI is InChI=1S/C10H17O3/c1-4-6-10(5-2,7-11)8-13-9(3)12/h4-6,8H2,1-3H3. The van der Waals surface area contributed by atoms with E-state index in [4.69, 9.17) is 4.74 Å². The molecule has 0 heterocycles. The molecule has 1 atom stereocenters. The summed E-state index contributed by atoms with van der Waals surface area (Å²) in [6, 6.07) is 0. The van der Waals surface area contributed by atoms with Gasteiger partial charge in [0.05, 0.1) is 5.41 Å². The fourth-order valence-corrected chi connectivity index (χ4v) is 1.22. The van der Waals surface area contributed by atoms with E-state index in [1.807, 2.05) is 20.1 Å². The van der Waals surface area contributed by atoms with Crippen molar-refractivity contribution in [3.63, 3.8) is 0 Å². The predicted molar refractivity (Wildman–Crippen MR) is 50.0 cm³/mol. The molecule has 0 amide bonds. The summed E-state index contributed by atoms with van der Waals surface area (Å²) in [5, 5.41) is 0. The molecule has 1 unspecified atom stereocenters. The van der Waals surface area contributed by atoms with Crippen LogP contribution in [0.15, 0.2) is 0 Å². The highest BCUT2D eigenvalue weighted by Crippen LogP contribution is 2.25.